The number of sulfonamides is 1. The molecule has 2 aromatic carbocycles. The molecule has 0 spiro atoms. The first-order valence-electron chi connectivity index (χ1n) is 9.69. The highest BCUT2D eigenvalue weighted by Crippen LogP contribution is 2.28. The SMILES string of the molecule is CC(C)(CC(=O)N1CCN(S(=O)(=O)c2cccc([N+](=O)[O-])c2)CC1)c1ccccc1. The molecular weight excluding hydrogens is 406 g/mol. The number of hydrogen-bond acceptors (Lipinski definition) is 5. The number of amides is 1. The van der Waals surface area contributed by atoms with Crippen LogP contribution in [0.1, 0.15) is 25.8 Å². The molecule has 1 aliphatic heterocycles. The van der Waals surface area contributed by atoms with Crippen LogP contribution in [-0.4, -0.2) is 54.6 Å². The van der Waals surface area contributed by atoms with E-state index in [0.717, 1.165) is 11.6 Å². The van der Waals surface area contributed by atoms with Gasteiger partial charge in [-0.15, -0.1) is 0 Å². The molecule has 0 bridgehead atoms. The van der Waals surface area contributed by atoms with Gasteiger partial charge < -0.3 is 4.90 Å². The molecule has 0 N–H and O–H groups in total. The van der Waals surface area contributed by atoms with Crippen LogP contribution in [-0.2, 0) is 20.2 Å². The molecule has 0 unspecified atom stereocenters. The minimum atomic E-state index is -3.85. The standard InChI is InChI=1S/C21H25N3O5S/c1-21(2,17-7-4-3-5-8-17)16-20(25)22-11-13-23(14-12-22)30(28,29)19-10-6-9-18(15-19)24(26)27/h3-10,15H,11-14,16H2,1-2H3. The van der Waals surface area contributed by atoms with Crippen molar-refractivity contribution in [2.45, 2.75) is 30.6 Å². The summed E-state index contributed by atoms with van der Waals surface area (Å²) in [7, 11) is -3.85. The molecule has 160 valence electrons. The zero-order chi connectivity index (χ0) is 21.9. The summed E-state index contributed by atoms with van der Waals surface area (Å²) < 4.78 is 27.0. The molecule has 0 radical (unpaired) electrons. The van der Waals surface area contributed by atoms with Crippen molar-refractivity contribution in [2.24, 2.45) is 0 Å². The zero-order valence-corrected chi connectivity index (χ0v) is 17.8. The summed E-state index contributed by atoms with van der Waals surface area (Å²) in [5.41, 5.74) is 0.475. The van der Waals surface area contributed by atoms with Gasteiger partial charge in [-0.3, -0.25) is 14.9 Å². The third-order valence-electron chi connectivity index (χ3n) is 5.41. The van der Waals surface area contributed by atoms with Crippen molar-refractivity contribution in [3.05, 3.63) is 70.3 Å². The average Bonchev–Trinajstić information content (AvgIpc) is 2.74. The number of non-ortho nitro benzene ring substituents is 1. The first kappa shape index (κ1) is 21.9. The van der Waals surface area contributed by atoms with Crippen LogP contribution < -0.4 is 0 Å². The summed E-state index contributed by atoms with van der Waals surface area (Å²) >= 11 is 0. The molecule has 8 nitrogen and oxygen atoms in total. The van der Waals surface area contributed by atoms with Crippen LogP contribution in [0.4, 0.5) is 5.69 Å². The molecule has 30 heavy (non-hydrogen) atoms. The van der Waals surface area contributed by atoms with Crippen LogP contribution in [0.25, 0.3) is 0 Å². The van der Waals surface area contributed by atoms with Gasteiger partial charge in [0.1, 0.15) is 0 Å². The molecule has 1 amide bonds. The molecular formula is C21H25N3O5S. The lowest BCUT2D eigenvalue weighted by Gasteiger charge is -2.36. The first-order chi connectivity index (χ1) is 14.1. The van der Waals surface area contributed by atoms with Crippen molar-refractivity contribution in [1.82, 2.24) is 9.21 Å². The number of nitro groups is 1. The van der Waals surface area contributed by atoms with E-state index in [-0.39, 0.29) is 48.1 Å². The van der Waals surface area contributed by atoms with Gasteiger partial charge in [0.25, 0.3) is 5.69 Å². The minimum absolute atomic E-state index is 0.0174. The Kier molecular flexibility index (Phi) is 6.23. The van der Waals surface area contributed by atoms with Gasteiger partial charge in [-0.25, -0.2) is 8.42 Å². The van der Waals surface area contributed by atoms with E-state index in [1.54, 1.807) is 4.90 Å². The Hall–Kier alpha value is -2.78. The Labute approximate surface area is 176 Å². The Balaban J connectivity index is 1.65. The maximum atomic E-state index is 12.9. The van der Waals surface area contributed by atoms with E-state index >= 15 is 0 Å². The highest BCUT2D eigenvalue weighted by Gasteiger charge is 2.33. The van der Waals surface area contributed by atoms with E-state index in [9.17, 15) is 23.3 Å². The molecule has 0 atom stereocenters. The van der Waals surface area contributed by atoms with Crippen LogP contribution in [0.5, 0.6) is 0 Å². The second-order valence-electron chi connectivity index (χ2n) is 7.97. The fraction of sp³-hybridized carbons (Fsp3) is 0.381. The lowest BCUT2D eigenvalue weighted by Crippen LogP contribution is -2.51. The molecule has 0 aromatic heterocycles. The maximum Gasteiger partial charge on any atom is 0.270 e. The summed E-state index contributed by atoms with van der Waals surface area (Å²) in [6.45, 7) is 4.92. The lowest BCUT2D eigenvalue weighted by atomic mass is 9.81. The number of carbonyl (C=O) groups excluding carboxylic acids is 1. The number of nitro benzene ring substituents is 1. The number of piperazine rings is 1. The van der Waals surface area contributed by atoms with E-state index in [1.165, 1.54) is 22.5 Å². The van der Waals surface area contributed by atoms with Crippen molar-refractivity contribution in [2.75, 3.05) is 26.2 Å². The van der Waals surface area contributed by atoms with E-state index in [2.05, 4.69) is 0 Å². The Morgan fingerprint density at radius 1 is 1.03 bits per heavy atom. The Morgan fingerprint density at radius 3 is 2.27 bits per heavy atom. The monoisotopic (exact) mass is 431 g/mol. The molecule has 2 aromatic rings. The smallest absolute Gasteiger partial charge is 0.270 e. The second kappa shape index (κ2) is 8.53. The molecule has 1 heterocycles. The molecule has 1 fully saturated rings. The molecule has 0 aliphatic carbocycles. The molecule has 1 aliphatic rings. The van der Waals surface area contributed by atoms with Gasteiger partial charge in [-0.05, 0) is 17.0 Å². The highest BCUT2D eigenvalue weighted by atomic mass is 32.2. The number of benzene rings is 2. The van der Waals surface area contributed by atoms with Crippen LogP contribution >= 0.6 is 0 Å². The van der Waals surface area contributed by atoms with Gasteiger partial charge in [-0.2, -0.15) is 4.31 Å². The quantitative estimate of drug-likeness (QED) is 0.517. The zero-order valence-electron chi connectivity index (χ0n) is 17.0. The largest absolute Gasteiger partial charge is 0.340 e. The van der Waals surface area contributed by atoms with E-state index < -0.39 is 14.9 Å². The fourth-order valence-electron chi connectivity index (χ4n) is 3.57. The van der Waals surface area contributed by atoms with E-state index in [1.807, 2.05) is 44.2 Å². The van der Waals surface area contributed by atoms with Crippen molar-refractivity contribution in [3.63, 3.8) is 0 Å². The lowest BCUT2D eigenvalue weighted by molar-refractivity contribution is -0.385. The summed E-state index contributed by atoms with van der Waals surface area (Å²) in [6, 6.07) is 14.8. The highest BCUT2D eigenvalue weighted by molar-refractivity contribution is 7.89. The summed E-state index contributed by atoms with van der Waals surface area (Å²) in [6.07, 6.45) is 0.328. The summed E-state index contributed by atoms with van der Waals surface area (Å²) in [4.78, 5) is 24.7. The van der Waals surface area contributed by atoms with Gasteiger partial charge in [0, 0.05) is 44.7 Å². The van der Waals surface area contributed by atoms with Crippen LogP contribution in [0, 0.1) is 10.1 Å². The summed E-state index contributed by atoms with van der Waals surface area (Å²) in [5, 5.41) is 10.9. The molecule has 0 saturated carbocycles. The predicted molar refractivity (Wildman–Crippen MR) is 113 cm³/mol. The Morgan fingerprint density at radius 2 is 1.67 bits per heavy atom. The van der Waals surface area contributed by atoms with Crippen molar-refractivity contribution in [1.29, 1.82) is 0 Å². The predicted octanol–water partition coefficient (Wildman–Crippen LogP) is 2.80. The van der Waals surface area contributed by atoms with E-state index in [4.69, 9.17) is 0 Å². The second-order valence-corrected chi connectivity index (χ2v) is 9.90. The normalized spacial score (nSPS) is 15.7. The number of rotatable bonds is 6. The Bertz CT molecular complexity index is 1030. The maximum absolute atomic E-state index is 12.9. The summed E-state index contributed by atoms with van der Waals surface area (Å²) in [5.74, 6) is -0.0174. The fourth-order valence-corrected chi connectivity index (χ4v) is 5.03. The van der Waals surface area contributed by atoms with Gasteiger partial charge >= 0.3 is 0 Å². The minimum Gasteiger partial charge on any atom is -0.340 e. The molecule has 1 saturated heterocycles. The van der Waals surface area contributed by atoms with Crippen molar-refractivity contribution < 1.29 is 18.1 Å². The van der Waals surface area contributed by atoms with Crippen molar-refractivity contribution >= 4 is 21.6 Å². The first-order valence-corrected chi connectivity index (χ1v) is 11.1. The third-order valence-corrected chi connectivity index (χ3v) is 7.30. The van der Waals surface area contributed by atoms with Crippen LogP contribution in [0.15, 0.2) is 59.5 Å². The van der Waals surface area contributed by atoms with Crippen LogP contribution in [0.3, 0.4) is 0 Å². The average molecular weight is 432 g/mol. The third kappa shape index (κ3) is 4.68. The van der Waals surface area contributed by atoms with Crippen molar-refractivity contribution in [3.8, 4) is 0 Å². The van der Waals surface area contributed by atoms with Gasteiger partial charge in [-0.1, -0.05) is 50.2 Å². The molecule has 3 rings (SSSR count). The van der Waals surface area contributed by atoms with E-state index in [0.29, 0.717) is 6.42 Å². The van der Waals surface area contributed by atoms with Gasteiger partial charge in [0.15, 0.2) is 0 Å². The topological polar surface area (TPSA) is 101 Å². The number of carbonyl (C=O) groups is 1. The van der Waals surface area contributed by atoms with Crippen LogP contribution in [0.2, 0.25) is 0 Å². The van der Waals surface area contributed by atoms with Gasteiger partial charge in [0.05, 0.1) is 9.82 Å². The van der Waals surface area contributed by atoms with Gasteiger partial charge in [0.2, 0.25) is 15.9 Å². The number of nitrogens with zero attached hydrogens (tertiary/aromatic N) is 3. The number of hydrogen-bond donors (Lipinski definition) is 0. The molecule has 9 heteroatoms.